The molecular weight excluding hydrogens is 276 g/mol. The van der Waals surface area contributed by atoms with Crippen LogP contribution >= 0.6 is 11.3 Å². The van der Waals surface area contributed by atoms with Crippen molar-refractivity contribution < 1.29 is 13.2 Å². The Morgan fingerprint density at radius 2 is 2.22 bits per heavy atom. The van der Waals surface area contributed by atoms with Crippen LogP contribution in [0.15, 0.2) is 4.34 Å². The summed E-state index contributed by atoms with van der Waals surface area (Å²) in [7, 11) is -3.80. The van der Waals surface area contributed by atoms with E-state index in [4.69, 9.17) is 6.42 Å². The molecule has 0 aliphatic heterocycles. The highest BCUT2D eigenvalue weighted by Crippen LogP contribution is 2.19. The third-order valence-electron chi connectivity index (χ3n) is 1.83. The Bertz CT molecular complexity index is 573. The van der Waals surface area contributed by atoms with Gasteiger partial charge in [0.15, 0.2) is 0 Å². The van der Waals surface area contributed by atoms with Gasteiger partial charge in [-0.15, -0.1) is 16.6 Å². The largest absolute Gasteiger partial charge is 0.301 e. The molecule has 0 aromatic carbocycles. The van der Waals surface area contributed by atoms with Gasteiger partial charge in [0, 0.05) is 6.92 Å². The number of hydrogen-bond donors (Lipinski definition) is 2. The summed E-state index contributed by atoms with van der Waals surface area (Å²) in [5, 5.41) is 9.52. The van der Waals surface area contributed by atoms with Crippen LogP contribution in [0.1, 0.15) is 20.3 Å². The van der Waals surface area contributed by atoms with Gasteiger partial charge in [0.2, 0.25) is 15.4 Å². The van der Waals surface area contributed by atoms with Crippen molar-refractivity contribution in [2.75, 3.05) is 5.32 Å². The molecule has 9 heteroatoms. The lowest BCUT2D eigenvalue weighted by molar-refractivity contribution is -0.114. The molecule has 0 bridgehead atoms. The van der Waals surface area contributed by atoms with Crippen molar-refractivity contribution in [3.63, 3.8) is 0 Å². The van der Waals surface area contributed by atoms with Crippen molar-refractivity contribution in [3.05, 3.63) is 0 Å². The first kappa shape index (κ1) is 14.6. The summed E-state index contributed by atoms with van der Waals surface area (Å²) in [6.07, 6.45) is 5.64. The van der Waals surface area contributed by atoms with Crippen LogP contribution in [0.25, 0.3) is 0 Å². The first-order chi connectivity index (χ1) is 8.39. The van der Waals surface area contributed by atoms with Crippen LogP contribution in [0.2, 0.25) is 0 Å². The zero-order valence-electron chi connectivity index (χ0n) is 9.80. The van der Waals surface area contributed by atoms with E-state index in [2.05, 4.69) is 26.2 Å². The molecule has 0 saturated heterocycles. The molecular formula is C9H12N4O3S2. The van der Waals surface area contributed by atoms with Crippen LogP contribution in [0.5, 0.6) is 0 Å². The topological polar surface area (TPSA) is 101 Å². The molecule has 0 fully saturated rings. The second-order valence-electron chi connectivity index (χ2n) is 3.30. The SMILES string of the molecule is C#CC(CC)NS(=O)(=O)c1nnc(NC(C)=O)s1. The Balaban J connectivity index is 2.89. The van der Waals surface area contributed by atoms with E-state index in [1.54, 1.807) is 6.92 Å². The van der Waals surface area contributed by atoms with Gasteiger partial charge in [0.25, 0.3) is 10.0 Å². The Morgan fingerprint density at radius 1 is 1.56 bits per heavy atom. The third kappa shape index (κ3) is 3.76. The first-order valence-electron chi connectivity index (χ1n) is 4.98. The molecule has 1 atom stereocenters. The lowest BCUT2D eigenvalue weighted by Crippen LogP contribution is -2.33. The summed E-state index contributed by atoms with van der Waals surface area (Å²) in [6.45, 7) is 3.05. The van der Waals surface area contributed by atoms with Gasteiger partial charge in [0.1, 0.15) is 0 Å². The average Bonchev–Trinajstić information content (AvgIpc) is 2.74. The van der Waals surface area contributed by atoms with E-state index in [0.29, 0.717) is 6.42 Å². The van der Waals surface area contributed by atoms with Crippen LogP contribution in [0.3, 0.4) is 0 Å². The van der Waals surface area contributed by atoms with Crippen molar-refractivity contribution >= 4 is 32.4 Å². The van der Waals surface area contributed by atoms with Crippen molar-refractivity contribution in [2.24, 2.45) is 0 Å². The van der Waals surface area contributed by atoms with Crippen molar-refractivity contribution in [1.29, 1.82) is 0 Å². The average molecular weight is 288 g/mol. The molecule has 98 valence electrons. The van der Waals surface area contributed by atoms with Crippen molar-refractivity contribution in [1.82, 2.24) is 14.9 Å². The van der Waals surface area contributed by atoms with E-state index in [0.717, 1.165) is 11.3 Å². The molecule has 2 N–H and O–H groups in total. The highest BCUT2D eigenvalue weighted by Gasteiger charge is 2.22. The van der Waals surface area contributed by atoms with E-state index in [-0.39, 0.29) is 15.4 Å². The number of nitrogens with one attached hydrogen (secondary N) is 2. The minimum atomic E-state index is -3.80. The van der Waals surface area contributed by atoms with Gasteiger partial charge in [-0.2, -0.15) is 4.72 Å². The first-order valence-corrected chi connectivity index (χ1v) is 7.28. The Kier molecular flexibility index (Phi) is 4.77. The summed E-state index contributed by atoms with van der Waals surface area (Å²) >= 11 is 0.758. The standard InChI is InChI=1S/C9H12N4O3S2/c1-4-7(5-2)13-18(15,16)9-12-11-8(17-9)10-6(3)14/h1,7,13H,5H2,2-3H3,(H,10,11,14). The second-order valence-corrected chi connectivity index (χ2v) is 6.17. The quantitative estimate of drug-likeness (QED) is 0.595. The third-order valence-corrected chi connectivity index (χ3v) is 4.50. The van der Waals surface area contributed by atoms with Gasteiger partial charge in [-0.1, -0.05) is 24.2 Å². The molecule has 1 rings (SSSR count). The van der Waals surface area contributed by atoms with E-state index >= 15 is 0 Å². The smallest absolute Gasteiger partial charge is 0.270 e. The van der Waals surface area contributed by atoms with Gasteiger partial charge >= 0.3 is 0 Å². The maximum atomic E-state index is 11.8. The summed E-state index contributed by atoms with van der Waals surface area (Å²) < 4.78 is 25.8. The summed E-state index contributed by atoms with van der Waals surface area (Å²) in [4.78, 5) is 10.8. The second kappa shape index (κ2) is 5.90. The van der Waals surface area contributed by atoms with Crippen LogP contribution < -0.4 is 10.0 Å². The summed E-state index contributed by atoms with van der Waals surface area (Å²) in [6, 6.07) is -0.594. The van der Waals surface area contributed by atoms with Crippen molar-refractivity contribution in [2.45, 2.75) is 30.6 Å². The monoisotopic (exact) mass is 288 g/mol. The maximum Gasteiger partial charge on any atom is 0.270 e. The highest BCUT2D eigenvalue weighted by atomic mass is 32.2. The fraction of sp³-hybridized carbons (Fsp3) is 0.444. The van der Waals surface area contributed by atoms with Gasteiger partial charge in [-0.3, -0.25) is 4.79 Å². The molecule has 0 saturated carbocycles. The Morgan fingerprint density at radius 3 is 2.72 bits per heavy atom. The number of carbonyl (C=O) groups is 1. The highest BCUT2D eigenvalue weighted by molar-refractivity contribution is 7.91. The molecule has 0 aliphatic carbocycles. The number of rotatable bonds is 5. The lowest BCUT2D eigenvalue weighted by Gasteiger charge is -2.08. The minimum Gasteiger partial charge on any atom is -0.301 e. The fourth-order valence-electron chi connectivity index (χ4n) is 0.992. The van der Waals surface area contributed by atoms with E-state index in [1.807, 2.05) is 0 Å². The zero-order chi connectivity index (χ0) is 13.8. The van der Waals surface area contributed by atoms with E-state index < -0.39 is 16.1 Å². The number of anilines is 1. The molecule has 1 aromatic rings. The molecule has 1 heterocycles. The predicted molar refractivity (Wildman–Crippen MR) is 67.4 cm³/mol. The number of sulfonamides is 1. The van der Waals surface area contributed by atoms with Crippen LogP contribution in [0.4, 0.5) is 5.13 Å². The van der Waals surface area contributed by atoms with Gasteiger partial charge in [-0.25, -0.2) is 8.42 Å². The number of carbonyl (C=O) groups excluding carboxylic acids is 1. The molecule has 0 aliphatic rings. The van der Waals surface area contributed by atoms with Crippen LogP contribution in [0, 0.1) is 12.3 Å². The van der Waals surface area contributed by atoms with Crippen LogP contribution in [-0.4, -0.2) is 30.6 Å². The van der Waals surface area contributed by atoms with Gasteiger partial charge < -0.3 is 5.32 Å². The van der Waals surface area contributed by atoms with E-state index in [9.17, 15) is 13.2 Å². The normalized spacial score (nSPS) is 12.7. The fourth-order valence-corrected chi connectivity index (χ4v) is 3.19. The molecule has 0 radical (unpaired) electrons. The number of amides is 1. The summed E-state index contributed by atoms with van der Waals surface area (Å²) in [5.74, 6) is 1.96. The molecule has 0 spiro atoms. The maximum absolute atomic E-state index is 11.8. The lowest BCUT2D eigenvalue weighted by atomic mass is 10.3. The number of terminal acetylenes is 1. The summed E-state index contributed by atoms with van der Waals surface area (Å²) in [5.41, 5.74) is 0. The van der Waals surface area contributed by atoms with Crippen LogP contribution in [-0.2, 0) is 14.8 Å². The molecule has 18 heavy (non-hydrogen) atoms. The molecule has 7 nitrogen and oxygen atoms in total. The van der Waals surface area contributed by atoms with Gasteiger partial charge in [0.05, 0.1) is 6.04 Å². The number of hydrogen-bond acceptors (Lipinski definition) is 6. The Hall–Kier alpha value is -1.50. The molecule has 1 aromatic heterocycles. The number of nitrogens with zero attached hydrogens (tertiary/aromatic N) is 2. The zero-order valence-corrected chi connectivity index (χ0v) is 11.4. The van der Waals surface area contributed by atoms with Crippen molar-refractivity contribution in [3.8, 4) is 12.3 Å². The number of aromatic nitrogens is 2. The molecule has 1 unspecified atom stereocenters. The Labute approximate surface area is 109 Å². The van der Waals surface area contributed by atoms with E-state index in [1.165, 1.54) is 6.92 Å². The predicted octanol–water partition coefficient (Wildman–Crippen LogP) is 0.187. The minimum absolute atomic E-state index is 0.122. The van der Waals surface area contributed by atoms with Gasteiger partial charge in [-0.05, 0) is 6.42 Å². The molecule has 1 amide bonds.